The number of para-hydroxylation sites is 1. The molecule has 5 nitrogen and oxygen atoms in total. The number of carbonyl (C=O) groups excluding carboxylic acids is 2. The third-order valence-electron chi connectivity index (χ3n) is 3.30. The van der Waals surface area contributed by atoms with Crippen molar-refractivity contribution in [3.8, 4) is 10.6 Å². The number of halogens is 2. The van der Waals surface area contributed by atoms with Crippen molar-refractivity contribution in [2.24, 2.45) is 0 Å². The van der Waals surface area contributed by atoms with Gasteiger partial charge >= 0.3 is 5.97 Å². The normalized spacial score (nSPS) is 10.4. The smallest absolute Gasteiger partial charge is 0.358 e. The molecule has 0 aliphatic carbocycles. The molecule has 0 spiro atoms. The van der Waals surface area contributed by atoms with Crippen LogP contribution in [0.25, 0.3) is 10.6 Å². The van der Waals surface area contributed by atoms with Crippen LogP contribution in [0.1, 0.15) is 10.5 Å². The SMILES string of the molecule is O=C(COC(=O)c1csc(-c2ccccc2)n1)Nc1c(Cl)cccc1Cl. The maximum atomic E-state index is 12.1. The third kappa shape index (κ3) is 4.40. The van der Waals surface area contributed by atoms with Gasteiger partial charge < -0.3 is 10.1 Å². The summed E-state index contributed by atoms with van der Waals surface area (Å²) in [4.78, 5) is 28.3. The maximum Gasteiger partial charge on any atom is 0.358 e. The number of thiazole rings is 1. The lowest BCUT2D eigenvalue weighted by molar-refractivity contribution is -0.119. The lowest BCUT2D eigenvalue weighted by atomic mass is 10.2. The summed E-state index contributed by atoms with van der Waals surface area (Å²) in [5, 5.41) is 5.40. The first-order chi connectivity index (χ1) is 12.5. The minimum absolute atomic E-state index is 0.150. The molecule has 0 bridgehead atoms. The second-order valence-corrected chi connectivity index (χ2v) is 6.80. The number of rotatable bonds is 5. The Morgan fingerprint density at radius 2 is 1.73 bits per heavy atom. The zero-order chi connectivity index (χ0) is 18.5. The van der Waals surface area contributed by atoms with Gasteiger partial charge in [-0.3, -0.25) is 4.79 Å². The fourth-order valence-corrected chi connectivity index (χ4v) is 3.37. The van der Waals surface area contributed by atoms with Crippen molar-refractivity contribution in [3.05, 3.63) is 69.7 Å². The van der Waals surface area contributed by atoms with Gasteiger partial charge in [0.05, 0.1) is 15.7 Å². The van der Waals surface area contributed by atoms with E-state index in [1.165, 1.54) is 11.3 Å². The van der Waals surface area contributed by atoms with E-state index in [-0.39, 0.29) is 11.4 Å². The number of aromatic nitrogens is 1. The third-order valence-corrected chi connectivity index (χ3v) is 4.82. The fourth-order valence-electron chi connectivity index (χ4n) is 2.08. The minimum atomic E-state index is -0.677. The number of amides is 1. The lowest BCUT2D eigenvalue weighted by Gasteiger charge is -2.09. The first-order valence-electron chi connectivity index (χ1n) is 7.46. The zero-order valence-electron chi connectivity index (χ0n) is 13.2. The van der Waals surface area contributed by atoms with E-state index in [4.69, 9.17) is 27.9 Å². The second-order valence-electron chi connectivity index (χ2n) is 5.12. The van der Waals surface area contributed by atoms with Gasteiger partial charge in [0.25, 0.3) is 5.91 Å². The number of ether oxygens (including phenoxy) is 1. The number of carbonyl (C=O) groups is 2. The fraction of sp³-hybridized carbons (Fsp3) is 0.0556. The molecule has 3 rings (SSSR count). The summed E-state index contributed by atoms with van der Waals surface area (Å²) in [7, 11) is 0. The molecule has 0 fully saturated rings. The molecule has 8 heteroatoms. The van der Waals surface area contributed by atoms with Gasteiger partial charge in [-0.25, -0.2) is 9.78 Å². The van der Waals surface area contributed by atoms with Crippen LogP contribution in [0, 0.1) is 0 Å². The van der Waals surface area contributed by atoms with Crippen molar-refractivity contribution < 1.29 is 14.3 Å². The van der Waals surface area contributed by atoms with E-state index < -0.39 is 18.5 Å². The average molecular weight is 407 g/mol. The van der Waals surface area contributed by atoms with Crippen molar-refractivity contribution in [1.82, 2.24) is 4.98 Å². The number of hydrogen-bond donors (Lipinski definition) is 1. The zero-order valence-corrected chi connectivity index (χ0v) is 15.6. The summed E-state index contributed by atoms with van der Waals surface area (Å²) >= 11 is 13.3. The molecule has 1 amide bonds. The highest BCUT2D eigenvalue weighted by Gasteiger charge is 2.16. The van der Waals surface area contributed by atoms with E-state index in [9.17, 15) is 9.59 Å². The van der Waals surface area contributed by atoms with Crippen LogP contribution >= 0.6 is 34.5 Å². The van der Waals surface area contributed by atoms with Gasteiger partial charge in [0.15, 0.2) is 12.3 Å². The number of esters is 1. The predicted octanol–water partition coefficient (Wildman–Crippen LogP) is 4.91. The van der Waals surface area contributed by atoms with E-state index >= 15 is 0 Å². The largest absolute Gasteiger partial charge is 0.451 e. The van der Waals surface area contributed by atoms with Crippen LogP contribution in [0.5, 0.6) is 0 Å². The highest BCUT2D eigenvalue weighted by molar-refractivity contribution is 7.13. The van der Waals surface area contributed by atoms with Crippen LogP contribution in [-0.2, 0) is 9.53 Å². The van der Waals surface area contributed by atoms with Crippen molar-refractivity contribution in [3.63, 3.8) is 0 Å². The van der Waals surface area contributed by atoms with Crippen molar-refractivity contribution in [2.45, 2.75) is 0 Å². The second kappa shape index (κ2) is 8.31. The molecule has 0 unspecified atom stereocenters. The van der Waals surface area contributed by atoms with E-state index in [2.05, 4.69) is 10.3 Å². The van der Waals surface area contributed by atoms with Crippen LogP contribution in [0.2, 0.25) is 10.0 Å². The molecular formula is C18H12Cl2N2O3S. The number of anilines is 1. The lowest BCUT2D eigenvalue weighted by Crippen LogP contribution is -2.21. The highest BCUT2D eigenvalue weighted by atomic mass is 35.5. The summed E-state index contributed by atoms with van der Waals surface area (Å²) in [5.74, 6) is -1.23. The Kier molecular flexibility index (Phi) is 5.88. The molecule has 0 saturated carbocycles. The van der Waals surface area contributed by atoms with E-state index in [1.54, 1.807) is 23.6 Å². The van der Waals surface area contributed by atoms with E-state index in [0.29, 0.717) is 15.1 Å². The summed E-state index contributed by atoms with van der Waals surface area (Å²) in [6, 6.07) is 14.3. The molecule has 0 aliphatic heterocycles. The van der Waals surface area contributed by atoms with Crippen LogP contribution in [0.15, 0.2) is 53.9 Å². The molecule has 0 atom stereocenters. The monoisotopic (exact) mass is 406 g/mol. The molecular weight excluding hydrogens is 395 g/mol. The molecule has 132 valence electrons. The molecule has 26 heavy (non-hydrogen) atoms. The summed E-state index contributed by atoms with van der Waals surface area (Å²) in [5.41, 5.74) is 1.33. The molecule has 2 aromatic carbocycles. The Bertz CT molecular complexity index is 924. The molecule has 3 aromatic rings. The highest BCUT2D eigenvalue weighted by Crippen LogP contribution is 2.29. The summed E-state index contributed by atoms with van der Waals surface area (Å²) in [6.07, 6.45) is 0. The maximum absolute atomic E-state index is 12.1. The van der Waals surface area contributed by atoms with Gasteiger partial charge in [-0.2, -0.15) is 0 Å². The van der Waals surface area contributed by atoms with Crippen molar-refractivity contribution in [2.75, 3.05) is 11.9 Å². The standard InChI is InChI=1S/C18H12Cl2N2O3S/c19-12-7-4-8-13(20)16(12)22-15(23)9-25-18(24)14-10-26-17(21-14)11-5-2-1-3-6-11/h1-8,10H,9H2,(H,22,23). The van der Waals surface area contributed by atoms with Crippen LogP contribution < -0.4 is 5.32 Å². The number of benzene rings is 2. The average Bonchev–Trinajstić information content (AvgIpc) is 3.14. The van der Waals surface area contributed by atoms with Gasteiger partial charge in [0, 0.05) is 10.9 Å². The molecule has 0 aliphatic rings. The van der Waals surface area contributed by atoms with Gasteiger partial charge in [0.1, 0.15) is 5.01 Å². The molecule has 1 N–H and O–H groups in total. The van der Waals surface area contributed by atoms with E-state index in [0.717, 1.165) is 5.56 Å². The van der Waals surface area contributed by atoms with Crippen LogP contribution in [-0.4, -0.2) is 23.5 Å². The van der Waals surface area contributed by atoms with Gasteiger partial charge in [-0.1, -0.05) is 59.6 Å². The molecule has 0 radical (unpaired) electrons. The Balaban J connectivity index is 1.59. The number of hydrogen-bond acceptors (Lipinski definition) is 5. The van der Waals surface area contributed by atoms with Gasteiger partial charge in [-0.15, -0.1) is 11.3 Å². The molecule has 0 saturated heterocycles. The summed E-state index contributed by atoms with van der Waals surface area (Å²) in [6.45, 7) is -0.474. The first-order valence-corrected chi connectivity index (χ1v) is 9.10. The minimum Gasteiger partial charge on any atom is -0.451 e. The van der Waals surface area contributed by atoms with E-state index in [1.807, 2.05) is 30.3 Å². The topological polar surface area (TPSA) is 68.3 Å². The summed E-state index contributed by atoms with van der Waals surface area (Å²) < 4.78 is 5.00. The van der Waals surface area contributed by atoms with Gasteiger partial charge in [-0.05, 0) is 12.1 Å². The van der Waals surface area contributed by atoms with Gasteiger partial charge in [0.2, 0.25) is 0 Å². The number of nitrogens with one attached hydrogen (secondary N) is 1. The molecule has 1 aromatic heterocycles. The Morgan fingerprint density at radius 1 is 1.04 bits per heavy atom. The Labute approximate surface area is 163 Å². The van der Waals surface area contributed by atoms with Crippen molar-refractivity contribution >= 4 is 52.1 Å². The Morgan fingerprint density at radius 3 is 2.42 bits per heavy atom. The Hall–Kier alpha value is -2.41. The first kappa shape index (κ1) is 18.4. The van der Waals surface area contributed by atoms with Crippen LogP contribution in [0.4, 0.5) is 5.69 Å². The quantitative estimate of drug-likeness (QED) is 0.610. The van der Waals surface area contributed by atoms with Crippen molar-refractivity contribution in [1.29, 1.82) is 0 Å². The predicted molar refractivity (Wildman–Crippen MR) is 103 cm³/mol. The number of nitrogens with zero attached hydrogens (tertiary/aromatic N) is 1. The molecule has 1 heterocycles. The van der Waals surface area contributed by atoms with Crippen LogP contribution in [0.3, 0.4) is 0 Å².